The predicted molar refractivity (Wildman–Crippen MR) is 128 cm³/mol. The number of sulfone groups is 1. The van der Waals surface area contributed by atoms with Gasteiger partial charge in [0.05, 0.1) is 16.8 Å². The minimum atomic E-state index is -3.68. The lowest BCUT2D eigenvalue weighted by atomic mass is 10.2. The number of aliphatic hydroxyl groups excluding tert-OH is 1. The van der Waals surface area contributed by atoms with Crippen molar-refractivity contribution in [2.75, 3.05) is 5.75 Å². The molecule has 1 N–H and O–H groups in total. The van der Waals surface area contributed by atoms with E-state index >= 15 is 0 Å². The average molecular weight is 455 g/mol. The highest BCUT2D eigenvalue weighted by atomic mass is 32.2. The predicted octanol–water partition coefficient (Wildman–Crippen LogP) is 4.09. The molecule has 0 spiro atoms. The summed E-state index contributed by atoms with van der Waals surface area (Å²) in [6, 6.07) is 24.8. The Labute approximate surface area is 184 Å². The SMILES string of the molecule is C=CC(CC(O)CS(=O)(=O)c1ccc(C)cc1)P(=O)(c1ccccc1)c1ccccc1. The van der Waals surface area contributed by atoms with Gasteiger partial charge in [0.1, 0.15) is 7.14 Å². The standard InChI is InChI=1S/C25H27O4PS/c1-3-22(18-21(26)19-31(28,29)25-16-14-20(2)15-17-25)30(27,23-10-6-4-7-11-23)24-12-8-5-9-13-24/h3-17,21-22,26H,1,18-19H2,2H3. The number of aliphatic hydroxyl groups is 1. The summed E-state index contributed by atoms with van der Waals surface area (Å²) in [6.07, 6.45) is 0.410. The Hall–Kier alpha value is -2.46. The maximum absolute atomic E-state index is 14.4. The van der Waals surface area contributed by atoms with Crippen molar-refractivity contribution in [2.24, 2.45) is 0 Å². The number of benzene rings is 3. The van der Waals surface area contributed by atoms with Gasteiger partial charge in [-0.2, -0.15) is 0 Å². The van der Waals surface area contributed by atoms with E-state index in [2.05, 4.69) is 6.58 Å². The molecule has 3 aromatic rings. The van der Waals surface area contributed by atoms with Gasteiger partial charge in [0.15, 0.2) is 9.84 Å². The molecule has 3 rings (SSSR count). The zero-order valence-corrected chi connectivity index (χ0v) is 19.2. The van der Waals surface area contributed by atoms with Crippen molar-refractivity contribution < 1.29 is 18.1 Å². The molecule has 31 heavy (non-hydrogen) atoms. The van der Waals surface area contributed by atoms with Crippen LogP contribution < -0.4 is 10.6 Å². The molecule has 0 aliphatic rings. The first-order valence-corrected chi connectivity index (χ1v) is 13.5. The first-order chi connectivity index (χ1) is 14.8. The molecule has 4 nitrogen and oxygen atoms in total. The molecule has 3 aromatic carbocycles. The molecule has 0 radical (unpaired) electrons. The van der Waals surface area contributed by atoms with Crippen LogP contribution in [0.25, 0.3) is 0 Å². The van der Waals surface area contributed by atoms with Crippen LogP contribution in [0.5, 0.6) is 0 Å². The van der Waals surface area contributed by atoms with Gasteiger partial charge in [-0.15, -0.1) is 6.58 Å². The van der Waals surface area contributed by atoms with E-state index in [-0.39, 0.29) is 11.3 Å². The number of hydrogen-bond donors (Lipinski definition) is 1. The highest BCUT2D eigenvalue weighted by Gasteiger charge is 2.36. The Morgan fingerprint density at radius 3 is 1.84 bits per heavy atom. The normalized spacial score (nSPS) is 14.0. The van der Waals surface area contributed by atoms with E-state index in [1.54, 1.807) is 54.6 Å². The van der Waals surface area contributed by atoms with Gasteiger partial charge < -0.3 is 9.67 Å². The van der Waals surface area contributed by atoms with Crippen LogP contribution in [0.4, 0.5) is 0 Å². The summed E-state index contributed by atoms with van der Waals surface area (Å²) < 4.78 is 39.9. The van der Waals surface area contributed by atoms with E-state index in [4.69, 9.17) is 0 Å². The topological polar surface area (TPSA) is 71.4 Å². The number of rotatable bonds is 9. The maximum Gasteiger partial charge on any atom is 0.180 e. The second-order valence-corrected chi connectivity index (χ2v) is 12.7. The lowest BCUT2D eigenvalue weighted by Crippen LogP contribution is -2.30. The van der Waals surface area contributed by atoms with Crippen LogP contribution in [-0.4, -0.2) is 31.0 Å². The van der Waals surface area contributed by atoms with Crippen LogP contribution in [0.1, 0.15) is 12.0 Å². The minimum Gasteiger partial charge on any atom is -0.392 e. The van der Waals surface area contributed by atoms with Gasteiger partial charge >= 0.3 is 0 Å². The third kappa shape index (κ3) is 5.24. The Balaban J connectivity index is 1.90. The second kappa shape index (κ2) is 9.78. The molecule has 0 bridgehead atoms. The Bertz CT molecular complexity index is 1110. The smallest absolute Gasteiger partial charge is 0.180 e. The zero-order valence-electron chi connectivity index (χ0n) is 17.5. The van der Waals surface area contributed by atoms with Crippen molar-refractivity contribution in [3.05, 3.63) is 103 Å². The van der Waals surface area contributed by atoms with Gasteiger partial charge in [0.25, 0.3) is 0 Å². The van der Waals surface area contributed by atoms with Crippen molar-refractivity contribution >= 4 is 27.6 Å². The van der Waals surface area contributed by atoms with Gasteiger partial charge in [-0.05, 0) is 25.5 Å². The van der Waals surface area contributed by atoms with Crippen molar-refractivity contribution in [3.63, 3.8) is 0 Å². The summed E-state index contributed by atoms with van der Waals surface area (Å²) in [6.45, 7) is 5.74. The van der Waals surface area contributed by atoms with E-state index in [0.29, 0.717) is 10.6 Å². The number of hydrogen-bond acceptors (Lipinski definition) is 4. The summed E-state index contributed by atoms with van der Waals surface area (Å²) in [7, 11) is -6.88. The van der Waals surface area contributed by atoms with Crippen LogP contribution in [0.3, 0.4) is 0 Å². The molecule has 0 saturated heterocycles. The summed E-state index contributed by atoms with van der Waals surface area (Å²) >= 11 is 0. The summed E-state index contributed by atoms with van der Waals surface area (Å²) in [5.41, 5.74) is 0.346. The number of aryl methyl sites for hydroxylation is 1. The van der Waals surface area contributed by atoms with Gasteiger partial charge in [-0.3, -0.25) is 0 Å². The fraction of sp³-hybridized carbons (Fsp3) is 0.200. The molecule has 0 fully saturated rings. The fourth-order valence-electron chi connectivity index (χ4n) is 3.67. The van der Waals surface area contributed by atoms with Crippen LogP contribution in [0.15, 0.2) is 102 Å². The monoisotopic (exact) mass is 454 g/mol. The molecule has 2 atom stereocenters. The maximum atomic E-state index is 14.4. The van der Waals surface area contributed by atoms with Gasteiger partial charge in [0, 0.05) is 16.3 Å². The molecular formula is C25H27O4PS. The third-order valence-electron chi connectivity index (χ3n) is 5.32. The van der Waals surface area contributed by atoms with Crippen molar-refractivity contribution in [3.8, 4) is 0 Å². The zero-order chi connectivity index (χ0) is 22.5. The van der Waals surface area contributed by atoms with Gasteiger partial charge in [-0.25, -0.2) is 8.42 Å². The lowest BCUT2D eigenvalue weighted by Gasteiger charge is -2.28. The Morgan fingerprint density at radius 2 is 1.39 bits per heavy atom. The van der Waals surface area contributed by atoms with Crippen molar-refractivity contribution in [1.82, 2.24) is 0 Å². The largest absolute Gasteiger partial charge is 0.392 e. The molecule has 0 heterocycles. The Morgan fingerprint density at radius 1 is 0.903 bits per heavy atom. The van der Waals surface area contributed by atoms with E-state index in [9.17, 15) is 18.1 Å². The average Bonchev–Trinajstić information content (AvgIpc) is 2.78. The Kier molecular flexibility index (Phi) is 7.32. The van der Waals surface area contributed by atoms with Crippen LogP contribution in [0, 0.1) is 6.92 Å². The van der Waals surface area contributed by atoms with Gasteiger partial charge in [0.2, 0.25) is 0 Å². The second-order valence-electron chi connectivity index (χ2n) is 7.62. The summed E-state index contributed by atoms with van der Waals surface area (Å²) in [5, 5.41) is 12.0. The molecular weight excluding hydrogens is 427 g/mol. The first kappa shape index (κ1) is 23.2. The molecule has 0 aromatic heterocycles. The summed E-state index contributed by atoms with van der Waals surface area (Å²) in [5.74, 6) is -0.440. The minimum absolute atomic E-state index is 0.0235. The quantitative estimate of drug-likeness (QED) is 0.391. The van der Waals surface area contributed by atoms with E-state index in [1.807, 2.05) is 43.3 Å². The van der Waals surface area contributed by atoms with Gasteiger partial charge in [-0.1, -0.05) is 84.4 Å². The molecule has 162 valence electrons. The fourth-order valence-corrected chi connectivity index (χ4v) is 8.18. The molecule has 2 unspecified atom stereocenters. The van der Waals surface area contributed by atoms with Crippen molar-refractivity contribution in [2.45, 2.75) is 30.0 Å². The van der Waals surface area contributed by atoms with Crippen molar-refractivity contribution in [1.29, 1.82) is 0 Å². The van der Waals surface area contributed by atoms with E-state index < -0.39 is 34.5 Å². The summed E-state index contributed by atoms with van der Waals surface area (Å²) in [4.78, 5) is 0.168. The van der Waals surface area contributed by atoms with E-state index in [0.717, 1.165) is 5.56 Å². The number of allylic oxidation sites excluding steroid dienone is 1. The molecule has 0 aliphatic heterocycles. The highest BCUT2D eigenvalue weighted by Crippen LogP contribution is 2.50. The van der Waals surface area contributed by atoms with E-state index in [1.165, 1.54) is 0 Å². The third-order valence-corrected chi connectivity index (χ3v) is 10.6. The van der Waals surface area contributed by atoms with Crippen LogP contribution in [0.2, 0.25) is 0 Å². The first-order valence-electron chi connectivity index (χ1n) is 10.1. The molecule has 0 amide bonds. The highest BCUT2D eigenvalue weighted by molar-refractivity contribution is 7.91. The van der Waals surface area contributed by atoms with Crippen LogP contribution >= 0.6 is 7.14 Å². The lowest BCUT2D eigenvalue weighted by molar-refractivity contribution is 0.189. The molecule has 6 heteroatoms. The molecule has 0 saturated carbocycles. The molecule has 0 aliphatic carbocycles. The van der Waals surface area contributed by atoms with Crippen LogP contribution in [-0.2, 0) is 14.4 Å².